The minimum Gasteiger partial charge on any atom is -0.484 e. The number of hydrogen-bond donors (Lipinski definition) is 1. The number of nitrogens with zero attached hydrogens (tertiary/aromatic N) is 3. The molecule has 2 aromatic rings. The number of nitrogens with one attached hydrogen (secondary N) is 1. The minimum atomic E-state index is -0.524. The highest BCUT2D eigenvalue weighted by atomic mass is 16.6. The highest BCUT2D eigenvalue weighted by Gasteiger charge is 2.10. The van der Waals surface area contributed by atoms with Gasteiger partial charge in [-0.2, -0.15) is 9.97 Å². The Morgan fingerprint density at radius 2 is 1.75 bits per heavy atom. The van der Waals surface area contributed by atoms with E-state index in [0.29, 0.717) is 5.75 Å². The molecule has 0 saturated heterocycles. The topological polar surface area (TPSA) is 126 Å². The molecule has 1 amide bonds. The van der Waals surface area contributed by atoms with Gasteiger partial charge in [-0.3, -0.25) is 20.2 Å². The second kappa shape index (κ2) is 7.72. The fraction of sp³-hybridized carbons (Fsp3) is 0.214. The number of amides is 1. The summed E-state index contributed by atoms with van der Waals surface area (Å²) in [6.07, 6.45) is 0. The van der Waals surface area contributed by atoms with Crippen molar-refractivity contribution >= 4 is 17.5 Å². The summed E-state index contributed by atoms with van der Waals surface area (Å²) >= 11 is 0. The fourth-order valence-electron chi connectivity index (χ4n) is 1.64. The lowest BCUT2D eigenvalue weighted by Crippen LogP contribution is -2.21. The van der Waals surface area contributed by atoms with Gasteiger partial charge >= 0.3 is 0 Å². The van der Waals surface area contributed by atoms with Crippen molar-refractivity contribution in [3.63, 3.8) is 0 Å². The Kier molecular flexibility index (Phi) is 5.45. The van der Waals surface area contributed by atoms with Crippen molar-refractivity contribution < 1.29 is 23.9 Å². The van der Waals surface area contributed by atoms with Crippen LogP contribution in [0.2, 0.25) is 0 Å². The largest absolute Gasteiger partial charge is 0.484 e. The maximum atomic E-state index is 11.9. The number of ether oxygens (including phenoxy) is 3. The Morgan fingerprint density at radius 1 is 1.17 bits per heavy atom. The maximum absolute atomic E-state index is 11.9. The van der Waals surface area contributed by atoms with E-state index in [0.717, 1.165) is 0 Å². The molecule has 0 spiro atoms. The molecule has 126 valence electrons. The van der Waals surface area contributed by atoms with Gasteiger partial charge in [0.1, 0.15) is 5.75 Å². The van der Waals surface area contributed by atoms with E-state index in [-0.39, 0.29) is 30.0 Å². The molecule has 1 N–H and O–H groups in total. The first-order valence-electron chi connectivity index (χ1n) is 6.66. The molecule has 0 radical (unpaired) electrons. The number of carbonyl (C=O) groups excluding carboxylic acids is 1. The van der Waals surface area contributed by atoms with E-state index in [1.807, 2.05) is 0 Å². The van der Waals surface area contributed by atoms with Crippen molar-refractivity contribution in [1.29, 1.82) is 0 Å². The van der Waals surface area contributed by atoms with E-state index in [4.69, 9.17) is 14.2 Å². The summed E-state index contributed by atoms with van der Waals surface area (Å²) < 4.78 is 15.2. The number of nitro groups is 1. The van der Waals surface area contributed by atoms with Crippen molar-refractivity contribution in [1.82, 2.24) is 9.97 Å². The van der Waals surface area contributed by atoms with Gasteiger partial charge in [0.25, 0.3) is 11.6 Å². The van der Waals surface area contributed by atoms with Crippen LogP contribution < -0.4 is 19.5 Å². The third-order valence-corrected chi connectivity index (χ3v) is 2.77. The number of carbonyl (C=O) groups is 1. The number of methoxy groups -OCH3 is 2. The molecule has 2 rings (SSSR count). The van der Waals surface area contributed by atoms with Crippen LogP contribution in [0.3, 0.4) is 0 Å². The van der Waals surface area contributed by atoms with Crippen LogP contribution in [0.5, 0.6) is 17.5 Å². The molecule has 1 heterocycles. The van der Waals surface area contributed by atoms with Crippen LogP contribution in [0.25, 0.3) is 0 Å². The van der Waals surface area contributed by atoms with E-state index in [9.17, 15) is 14.9 Å². The molecule has 0 bridgehead atoms. The molecule has 0 aliphatic carbocycles. The Labute approximate surface area is 136 Å². The molecule has 0 unspecified atom stereocenters. The predicted octanol–water partition coefficient (Wildman–Crippen LogP) is 1.42. The molecule has 0 atom stereocenters. The van der Waals surface area contributed by atoms with E-state index in [2.05, 4.69) is 15.3 Å². The number of hydrogen-bond acceptors (Lipinski definition) is 8. The smallest absolute Gasteiger partial charge is 0.269 e. The molecule has 0 fully saturated rings. The number of aromatic nitrogens is 2. The SMILES string of the molecule is COc1cc(OC)nc(NC(=O)COc2ccc([N+](=O)[O-])cc2)n1. The first kappa shape index (κ1) is 16.9. The number of nitro benzene ring substituents is 1. The number of anilines is 1. The molecular weight excluding hydrogens is 320 g/mol. The van der Waals surface area contributed by atoms with Gasteiger partial charge in [0.2, 0.25) is 17.7 Å². The van der Waals surface area contributed by atoms with E-state index in [1.54, 1.807) is 0 Å². The highest BCUT2D eigenvalue weighted by molar-refractivity contribution is 5.90. The summed E-state index contributed by atoms with van der Waals surface area (Å²) in [6.45, 7) is -0.319. The summed E-state index contributed by atoms with van der Waals surface area (Å²) in [7, 11) is 2.84. The first-order valence-corrected chi connectivity index (χ1v) is 6.66. The van der Waals surface area contributed by atoms with Crippen molar-refractivity contribution in [2.24, 2.45) is 0 Å². The van der Waals surface area contributed by atoms with Gasteiger partial charge in [0, 0.05) is 12.1 Å². The standard InChI is InChI=1S/C14H14N4O6/c1-22-12-7-13(23-2)17-14(16-12)15-11(19)8-24-10-5-3-9(4-6-10)18(20)21/h3-7H,8H2,1-2H3,(H,15,16,17,19). The van der Waals surface area contributed by atoms with Gasteiger partial charge in [-0.1, -0.05) is 0 Å². The summed E-state index contributed by atoms with van der Waals surface area (Å²) in [5, 5.41) is 13.0. The average molecular weight is 334 g/mol. The molecular formula is C14H14N4O6. The lowest BCUT2D eigenvalue weighted by Gasteiger charge is -2.08. The quantitative estimate of drug-likeness (QED) is 0.595. The minimum absolute atomic E-state index is 0.00324. The van der Waals surface area contributed by atoms with Crippen LogP contribution in [0, 0.1) is 10.1 Å². The van der Waals surface area contributed by atoms with E-state index >= 15 is 0 Å². The van der Waals surface area contributed by atoms with E-state index in [1.165, 1.54) is 44.6 Å². The van der Waals surface area contributed by atoms with Crippen LogP contribution >= 0.6 is 0 Å². The normalized spacial score (nSPS) is 9.92. The number of non-ortho nitro benzene ring substituents is 1. The second-order valence-corrected chi connectivity index (χ2v) is 4.36. The monoisotopic (exact) mass is 334 g/mol. The highest BCUT2D eigenvalue weighted by Crippen LogP contribution is 2.18. The first-order chi connectivity index (χ1) is 11.5. The van der Waals surface area contributed by atoms with Crippen LogP contribution in [-0.4, -0.2) is 41.6 Å². The number of rotatable bonds is 7. The summed E-state index contributed by atoms with van der Waals surface area (Å²) in [5.74, 6) is 0.272. The van der Waals surface area contributed by atoms with Crippen molar-refractivity contribution in [2.45, 2.75) is 0 Å². The molecule has 24 heavy (non-hydrogen) atoms. The number of benzene rings is 1. The van der Waals surface area contributed by atoms with Crippen LogP contribution in [-0.2, 0) is 4.79 Å². The second-order valence-electron chi connectivity index (χ2n) is 4.36. The Bertz CT molecular complexity index is 712. The van der Waals surface area contributed by atoms with Gasteiger partial charge in [-0.05, 0) is 12.1 Å². The molecule has 0 aliphatic heterocycles. The lowest BCUT2D eigenvalue weighted by atomic mass is 10.3. The maximum Gasteiger partial charge on any atom is 0.269 e. The zero-order valence-corrected chi connectivity index (χ0v) is 12.9. The van der Waals surface area contributed by atoms with E-state index < -0.39 is 10.8 Å². The van der Waals surface area contributed by atoms with Crippen molar-refractivity contribution in [3.8, 4) is 17.5 Å². The Morgan fingerprint density at radius 3 is 2.25 bits per heavy atom. The fourth-order valence-corrected chi connectivity index (χ4v) is 1.64. The summed E-state index contributed by atoms with van der Waals surface area (Å²) in [6, 6.07) is 6.82. The van der Waals surface area contributed by atoms with Crippen molar-refractivity contribution in [2.75, 3.05) is 26.1 Å². The van der Waals surface area contributed by atoms with Gasteiger partial charge in [-0.15, -0.1) is 0 Å². The molecule has 10 nitrogen and oxygen atoms in total. The van der Waals surface area contributed by atoms with Gasteiger partial charge in [0.15, 0.2) is 6.61 Å². The van der Waals surface area contributed by atoms with Gasteiger partial charge in [-0.25, -0.2) is 0 Å². The lowest BCUT2D eigenvalue weighted by molar-refractivity contribution is -0.384. The van der Waals surface area contributed by atoms with Crippen molar-refractivity contribution in [3.05, 3.63) is 40.4 Å². The molecule has 0 aliphatic rings. The van der Waals surface area contributed by atoms with Gasteiger partial charge < -0.3 is 14.2 Å². The molecule has 1 aromatic heterocycles. The molecule has 1 aromatic carbocycles. The zero-order valence-electron chi connectivity index (χ0n) is 12.9. The zero-order chi connectivity index (χ0) is 17.5. The Balaban J connectivity index is 1.94. The van der Waals surface area contributed by atoms with Gasteiger partial charge in [0.05, 0.1) is 25.2 Å². The average Bonchev–Trinajstić information content (AvgIpc) is 2.59. The summed E-state index contributed by atoms with van der Waals surface area (Å²) in [5.41, 5.74) is -0.0660. The summed E-state index contributed by atoms with van der Waals surface area (Å²) in [4.78, 5) is 29.8. The van der Waals surface area contributed by atoms with Crippen LogP contribution in [0.15, 0.2) is 30.3 Å². The molecule has 10 heteroatoms. The van der Waals surface area contributed by atoms with Crippen LogP contribution in [0.4, 0.5) is 11.6 Å². The molecule has 0 saturated carbocycles. The third-order valence-electron chi connectivity index (χ3n) is 2.77. The van der Waals surface area contributed by atoms with Crippen LogP contribution in [0.1, 0.15) is 0 Å². The predicted molar refractivity (Wildman–Crippen MR) is 82.4 cm³/mol. The third kappa shape index (κ3) is 4.53. The Hall–Kier alpha value is -3.43.